The van der Waals surface area contributed by atoms with Crippen LogP contribution in [0, 0.1) is 5.92 Å². The van der Waals surface area contributed by atoms with E-state index in [1.807, 2.05) is 49.1 Å². The molecule has 3 N–H and O–H groups in total. The molecule has 0 radical (unpaired) electrons. The minimum Gasteiger partial charge on any atom is -0.352 e. The SMILES string of the molecule is CCC(C(=O)N1CCC(NC(=O)C(N)C(C)CC)CC1)c1ccccc1. The van der Waals surface area contributed by atoms with E-state index in [0.717, 1.165) is 31.2 Å². The van der Waals surface area contributed by atoms with Crippen LogP contribution >= 0.6 is 0 Å². The van der Waals surface area contributed by atoms with E-state index in [1.54, 1.807) is 0 Å². The van der Waals surface area contributed by atoms with Crippen LogP contribution < -0.4 is 11.1 Å². The lowest BCUT2D eigenvalue weighted by atomic mass is 9.93. The average molecular weight is 360 g/mol. The van der Waals surface area contributed by atoms with Gasteiger partial charge in [-0.05, 0) is 30.7 Å². The number of rotatable bonds is 7. The minimum atomic E-state index is -0.456. The van der Waals surface area contributed by atoms with Crippen LogP contribution in [-0.4, -0.2) is 41.9 Å². The second-order valence-corrected chi connectivity index (χ2v) is 7.39. The van der Waals surface area contributed by atoms with Gasteiger partial charge in [0.05, 0.1) is 12.0 Å². The number of carbonyl (C=O) groups is 2. The first-order valence-corrected chi connectivity index (χ1v) is 9.87. The second-order valence-electron chi connectivity index (χ2n) is 7.39. The average Bonchev–Trinajstić information content (AvgIpc) is 2.68. The molecule has 0 spiro atoms. The highest BCUT2D eigenvalue weighted by Crippen LogP contribution is 2.24. The van der Waals surface area contributed by atoms with Crippen LogP contribution in [0.25, 0.3) is 0 Å². The summed E-state index contributed by atoms with van der Waals surface area (Å²) >= 11 is 0. The van der Waals surface area contributed by atoms with Crippen LogP contribution in [0.1, 0.15) is 57.9 Å². The molecule has 0 aromatic heterocycles. The number of nitrogens with zero attached hydrogens (tertiary/aromatic N) is 1. The zero-order valence-corrected chi connectivity index (χ0v) is 16.3. The summed E-state index contributed by atoms with van der Waals surface area (Å²) < 4.78 is 0. The molecular formula is C21H33N3O2. The predicted molar refractivity (Wildman–Crippen MR) is 105 cm³/mol. The summed E-state index contributed by atoms with van der Waals surface area (Å²) in [5.41, 5.74) is 7.09. The molecule has 5 heteroatoms. The Morgan fingerprint density at radius 1 is 1.15 bits per heavy atom. The molecule has 1 aromatic rings. The first-order chi connectivity index (χ1) is 12.5. The molecule has 26 heavy (non-hydrogen) atoms. The molecule has 144 valence electrons. The topological polar surface area (TPSA) is 75.4 Å². The van der Waals surface area contributed by atoms with Crippen LogP contribution in [0.2, 0.25) is 0 Å². The Kier molecular flexibility index (Phi) is 7.64. The molecule has 1 aromatic carbocycles. The highest BCUT2D eigenvalue weighted by atomic mass is 16.2. The van der Waals surface area contributed by atoms with Crippen molar-refractivity contribution < 1.29 is 9.59 Å². The number of carbonyl (C=O) groups excluding carboxylic acids is 2. The van der Waals surface area contributed by atoms with Gasteiger partial charge in [0, 0.05) is 19.1 Å². The Bertz CT molecular complexity index is 582. The van der Waals surface area contributed by atoms with Crippen LogP contribution in [-0.2, 0) is 9.59 Å². The number of amides is 2. The molecule has 3 unspecified atom stereocenters. The van der Waals surface area contributed by atoms with Crippen LogP contribution in [0.5, 0.6) is 0 Å². The summed E-state index contributed by atoms with van der Waals surface area (Å²) in [6.07, 6.45) is 3.26. The molecule has 1 aliphatic rings. The molecule has 1 aliphatic heterocycles. The molecule has 1 heterocycles. The Labute approximate surface area is 157 Å². The molecule has 1 saturated heterocycles. The van der Waals surface area contributed by atoms with Gasteiger partial charge in [-0.25, -0.2) is 0 Å². The fourth-order valence-electron chi connectivity index (χ4n) is 3.51. The lowest BCUT2D eigenvalue weighted by molar-refractivity contribution is -0.134. The maximum atomic E-state index is 12.9. The molecule has 1 fully saturated rings. The van der Waals surface area contributed by atoms with Crippen LogP contribution in [0.3, 0.4) is 0 Å². The van der Waals surface area contributed by atoms with Gasteiger partial charge >= 0.3 is 0 Å². The van der Waals surface area contributed by atoms with Crippen molar-refractivity contribution in [1.82, 2.24) is 10.2 Å². The number of hydrogen-bond donors (Lipinski definition) is 2. The van der Waals surface area contributed by atoms with Crippen molar-refractivity contribution in [2.24, 2.45) is 11.7 Å². The summed E-state index contributed by atoms with van der Waals surface area (Å²) in [5, 5.41) is 3.07. The first kappa shape index (κ1) is 20.4. The van der Waals surface area contributed by atoms with Crippen molar-refractivity contribution in [2.75, 3.05) is 13.1 Å². The number of benzene rings is 1. The van der Waals surface area contributed by atoms with Crippen molar-refractivity contribution in [3.63, 3.8) is 0 Å². The van der Waals surface area contributed by atoms with E-state index in [4.69, 9.17) is 5.73 Å². The Balaban J connectivity index is 1.87. The van der Waals surface area contributed by atoms with Gasteiger partial charge < -0.3 is 16.0 Å². The van der Waals surface area contributed by atoms with Gasteiger partial charge in [0.2, 0.25) is 11.8 Å². The fourth-order valence-corrected chi connectivity index (χ4v) is 3.51. The van der Waals surface area contributed by atoms with Gasteiger partial charge in [0.25, 0.3) is 0 Å². The van der Waals surface area contributed by atoms with E-state index < -0.39 is 6.04 Å². The largest absolute Gasteiger partial charge is 0.352 e. The maximum Gasteiger partial charge on any atom is 0.237 e. The van der Waals surface area contributed by atoms with Gasteiger partial charge in [0.15, 0.2) is 0 Å². The number of nitrogens with one attached hydrogen (secondary N) is 1. The summed E-state index contributed by atoms with van der Waals surface area (Å²) in [6.45, 7) is 7.47. The number of piperidine rings is 1. The van der Waals surface area contributed by atoms with Crippen molar-refractivity contribution in [3.8, 4) is 0 Å². The molecular weight excluding hydrogens is 326 g/mol. The lowest BCUT2D eigenvalue weighted by Crippen LogP contribution is -2.52. The molecule has 0 aliphatic carbocycles. The smallest absolute Gasteiger partial charge is 0.237 e. The molecule has 2 amide bonds. The summed E-state index contributed by atoms with van der Waals surface area (Å²) in [6, 6.07) is 9.63. The van der Waals surface area contributed by atoms with Crippen LogP contribution in [0.15, 0.2) is 30.3 Å². The third-order valence-corrected chi connectivity index (χ3v) is 5.62. The molecule has 0 bridgehead atoms. The molecule has 0 saturated carbocycles. The van der Waals surface area contributed by atoms with Crippen molar-refractivity contribution in [3.05, 3.63) is 35.9 Å². The fraction of sp³-hybridized carbons (Fsp3) is 0.619. The van der Waals surface area contributed by atoms with Crippen molar-refractivity contribution in [2.45, 2.75) is 64.5 Å². The van der Waals surface area contributed by atoms with Crippen molar-refractivity contribution >= 4 is 11.8 Å². The van der Waals surface area contributed by atoms with Gasteiger partial charge in [-0.1, -0.05) is 57.5 Å². The van der Waals surface area contributed by atoms with Gasteiger partial charge in [-0.15, -0.1) is 0 Å². The number of hydrogen-bond acceptors (Lipinski definition) is 3. The van der Waals surface area contributed by atoms with Gasteiger partial charge in [-0.2, -0.15) is 0 Å². The zero-order valence-electron chi connectivity index (χ0n) is 16.3. The highest BCUT2D eigenvalue weighted by Gasteiger charge is 2.30. The van der Waals surface area contributed by atoms with Crippen molar-refractivity contribution in [1.29, 1.82) is 0 Å². The minimum absolute atomic E-state index is 0.0696. The normalized spacial score (nSPS) is 18.8. The third kappa shape index (κ3) is 5.07. The highest BCUT2D eigenvalue weighted by molar-refractivity contribution is 5.84. The quantitative estimate of drug-likeness (QED) is 0.786. The third-order valence-electron chi connectivity index (χ3n) is 5.62. The van der Waals surface area contributed by atoms with Gasteiger partial charge in [0.1, 0.15) is 0 Å². The molecule has 5 nitrogen and oxygen atoms in total. The number of likely N-dealkylation sites (tertiary alicyclic amines) is 1. The van der Waals surface area contributed by atoms with Crippen LogP contribution in [0.4, 0.5) is 0 Å². The summed E-state index contributed by atoms with van der Waals surface area (Å²) in [7, 11) is 0. The number of nitrogens with two attached hydrogens (primary N) is 1. The Morgan fingerprint density at radius 2 is 1.77 bits per heavy atom. The lowest BCUT2D eigenvalue weighted by Gasteiger charge is -2.35. The van der Waals surface area contributed by atoms with E-state index >= 15 is 0 Å². The monoisotopic (exact) mass is 359 g/mol. The molecule has 2 rings (SSSR count). The summed E-state index contributed by atoms with van der Waals surface area (Å²) in [5.74, 6) is 0.216. The van der Waals surface area contributed by atoms with E-state index in [0.29, 0.717) is 13.1 Å². The van der Waals surface area contributed by atoms with Gasteiger partial charge in [-0.3, -0.25) is 9.59 Å². The standard InChI is InChI=1S/C21H33N3O2/c1-4-15(3)19(22)20(25)23-17-11-13-24(14-12-17)21(26)18(5-2)16-9-7-6-8-10-16/h6-10,15,17-19H,4-5,11-14,22H2,1-3H3,(H,23,25). The second kappa shape index (κ2) is 9.72. The Hall–Kier alpha value is -1.88. The zero-order chi connectivity index (χ0) is 19.1. The first-order valence-electron chi connectivity index (χ1n) is 9.87. The maximum absolute atomic E-state index is 12.9. The predicted octanol–water partition coefficient (Wildman–Crippen LogP) is 2.66. The summed E-state index contributed by atoms with van der Waals surface area (Å²) in [4.78, 5) is 27.1. The van der Waals surface area contributed by atoms with E-state index in [2.05, 4.69) is 12.2 Å². The van der Waals surface area contributed by atoms with E-state index in [-0.39, 0.29) is 29.7 Å². The molecule has 3 atom stereocenters. The van der Waals surface area contributed by atoms with E-state index in [1.165, 1.54) is 0 Å². The van der Waals surface area contributed by atoms with E-state index in [9.17, 15) is 9.59 Å². The Morgan fingerprint density at radius 3 is 2.31 bits per heavy atom.